The van der Waals surface area contributed by atoms with Gasteiger partial charge in [0, 0.05) is 11.1 Å². The van der Waals surface area contributed by atoms with Crippen molar-refractivity contribution in [2.45, 2.75) is 6.92 Å². The lowest BCUT2D eigenvalue weighted by Gasteiger charge is -2.07. The Morgan fingerprint density at radius 2 is 2.06 bits per heavy atom. The van der Waals surface area contributed by atoms with Gasteiger partial charge in [0.1, 0.15) is 5.75 Å². The van der Waals surface area contributed by atoms with Gasteiger partial charge in [0.25, 0.3) is 0 Å². The number of aryl methyl sites for hydroxylation is 1. The van der Waals surface area contributed by atoms with Crippen molar-refractivity contribution in [2.24, 2.45) is 0 Å². The number of aromatic nitrogens is 1. The molecule has 0 N–H and O–H groups in total. The van der Waals surface area contributed by atoms with Gasteiger partial charge in [-0.25, -0.2) is 0 Å². The second-order valence-corrected chi connectivity index (χ2v) is 3.75. The minimum Gasteiger partial charge on any atom is -0.439 e. The van der Waals surface area contributed by atoms with Gasteiger partial charge in [-0.3, -0.25) is 0 Å². The molecule has 0 spiro atoms. The number of hydrogen-bond acceptors (Lipinski definition) is 2. The van der Waals surface area contributed by atoms with Gasteiger partial charge in [0.15, 0.2) is 0 Å². The summed E-state index contributed by atoms with van der Waals surface area (Å²) in [6.07, 6.45) is 0. The van der Waals surface area contributed by atoms with E-state index in [0.29, 0.717) is 10.8 Å². The maximum Gasteiger partial charge on any atom is 0.221 e. The number of halogens is 2. The van der Waals surface area contributed by atoms with Gasteiger partial charge >= 0.3 is 0 Å². The average molecular weight is 238 g/mol. The number of ether oxygens (including phenoxy) is 1. The van der Waals surface area contributed by atoms with E-state index in [1.807, 2.05) is 6.92 Å². The van der Waals surface area contributed by atoms with Gasteiger partial charge in [-0.1, -0.05) is 17.7 Å². The van der Waals surface area contributed by atoms with Crippen molar-refractivity contribution in [3.8, 4) is 11.6 Å². The van der Waals surface area contributed by atoms with E-state index >= 15 is 0 Å². The molecular formula is C12H9ClFNO. The number of hydrogen-bond donors (Lipinski definition) is 0. The summed E-state index contributed by atoms with van der Waals surface area (Å²) in [5.41, 5.74) is 0.874. The molecule has 0 amide bonds. The highest BCUT2D eigenvalue weighted by molar-refractivity contribution is 6.30. The molecule has 0 bridgehead atoms. The van der Waals surface area contributed by atoms with Crippen molar-refractivity contribution < 1.29 is 9.13 Å². The molecule has 0 unspecified atom stereocenters. The molecule has 4 heteroatoms. The molecule has 0 aliphatic carbocycles. The van der Waals surface area contributed by atoms with Crippen LogP contribution < -0.4 is 4.74 Å². The lowest BCUT2D eigenvalue weighted by Crippen LogP contribution is -1.91. The molecule has 1 aromatic heterocycles. The van der Waals surface area contributed by atoms with Crippen molar-refractivity contribution in [3.63, 3.8) is 0 Å². The molecule has 1 heterocycles. The summed E-state index contributed by atoms with van der Waals surface area (Å²) in [7, 11) is 0. The monoisotopic (exact) mass is 237 g/mol. The molecular weight excluding hydrogens is 229 g/mol. The van der Waals surface area contributed by atoms with Crippen LogP contribution in [0.5, 0.6) is 11.6 Å². The molecule has 82 valence electrons. The third-order valence-corrected chi connectivity index (χ3v) is 2.28. The average Bonchev–Trinajstić information content (AvgIpc) is 2.22. The zero-order valence-electron chi connectivity index (χ0n) is 8.58. The lowest BCUT2D eigenvalue weighted by atomic mass is 10.2. The molecule has 2 rings (SSSR count). The predicted octanol–water partition coefficient (Wildman–Crippen LogP) is 3.97. The fourth-order valence-electron chi connectivity index (χ4n) is 1.29. The first-order valence-electron chi connectivity index (χ1n) is 4.72. The number of nitrogens with zero attached hydrogens (tertiary/aromatic N) is 1. The lowest BCUT2D eigenvalue weighted by molar-refractivity contribution is 0.442. The summed E-state index contributed by atoms with van der Waals surface area (Å²) in [4.78, 5) is 3.61. The number of benzene rings is 1. The van der Waals surface area contributed by atoms with Gasteiger partial charge < -0.3 is 4.74 Å². The van der Waals surface area contributed by atoms with E-state index in [1.54, 1.807) is 30.3 Å². The summed E-state index contributed by atoms with van der Waals surface area (Å²) in [6, 6.07) is 9.62. The van der Waals surface area contributed by atoms with Crippen LogP contribution >= 0.6 is 11.6 Å². The Labute approximate surface area is 97.7 Å². The first-order valence-corrected chi connectivity index (χ1v) is 5.09. The van der Waals surface area contributed by atoms with Crippen molar-refractivity contribution in [2.75, 3.05) is 0 Å². The maximum absolute atomic E-state index is 12.8. The van der Waals surface area contributed by atoms with Crippen LogP contribution in [0.1, 0.15) is 5.56 Å². The highest BCUT2D eigenvalue weighted by atomic mass is 35.5. The number of pyridine rings is 1. The van der Waals surface area contributed by atoms with Crippen LogP contribution in [-0.4, -0.2) is 4.98 Å². The SMILES string of the molecule is Cc1cc(Cl)ccc1Oc1cccc(F)n1. The number of rotatable bonds is 2. The minimum absolute atomic E-state index is 0.227. The fourth-order valence-corrected chi connectivity index (χ4v) is 1.51. The zero-order chi connectivity index (χ0) is 11.5. The van der Waals surface area contributed by atoms with E-state index in [1.165, 1.54) is 6.07 Å². The second kappa shape index (κ2) is 4.49. The second-order valence-electron chi connectivity index (χ2n) is 3.31. The van der Waals surface area contributed by atoms with Crippen molar-refractivity contribution in [3.05, 3.63) is 52.9 Å². The largest absolute Gasteiger partial charge is 0.439 e. The van der Waals surface area contributed by atoms with Crippen molar-refractivity contribution >= 4 is 11.6 Å². The van der Waals surface area contributed by atoms with Gasteiger partial charge in [0.2, 0.25) is 11.8 Å². The molecule has 0 aliphatic heterocycles. The summed E-state index contributed by atoms with van der Waals surface area (Å²) < 4.78 is 18.3. The summed E-state index contributed by atoms with van der Waals surface area (Å²) >= 11 is 5.81. The predicted molar refractivity (Wildman–Crippen MR) is 60.5 cm³/mol. The van der Waals surface area contributed by atoms with Gasteiger partial charge in [0.05, 0.1) is 0 Å². The normalized spacial score (nSPS) is 10.2. The summed E-state index contributed by atoms with van der Waals surface area (Å²) in [6.45, 7) is 1.86. The molecule has 0 fully saturated rings. The molecule has 0 aliphatic rings. The Morgan fingerprint density at radius 3 is 2.75 bits per heavy atom. The van der Waals surface area contributed by atoms with Gasteiger partial charge in [-0.05, 0) is 36.8 Å². The van der Waals surface area contributed by atoms with Gasteiger partial charge in [-0.15, -0.1) is 0 Å². The van der Waals surface area contributed by atoms with Crippen LogP contribution in [0.15, 0.2) is 36.4 Å². The van der Waals surface area contributed by atoms with Crippen LogP contribution in [0.4, 0.5) is 4.39 Å². The highest BCUT2D eigenvalue weighted by Crippen LogP contribution is 2.25. The highest BCUT2D eigenvalue weighted by Gasteiger charge is 2.03. The molecule has 0 saturated carbocycles. The molecule has 0 atom stereocenters. The summed E-state index contributed by atoms with van der Waals surface area (Å²) in [5, 5.41) is 0.636. The van der Waals surface area contributed by atoms with E-state index in [4.69, 9.17) is 16.3 Å². The third-order valence-electron chi connectivity index (χ3n) is 2.04. The van der Waals surface area contributed by atoms with Crippen LogP contribution in [0.3, 0.4) is 0 Å². The third kappa shape index (κ3) is 2.49. The molecule has 0 saturated heterocycles. The topological polar surface area (TPSA) is 22.1 Å². The van der Waals surface area contributed by atoms with E-state index < -0.39 is 5.95 Å². The van der Waals surface area contributed by atoms with Gasteiger partial charge in [-0.2, -0.15) is 9.37 Å². The Kier molecular flexibility index (Phi) is 3.06. The quantitative estimate of drug-likeness (QED) is 0.738. The Balaban J connectivity index is 2.27. The van der Waals surface area contributed by atoms with Crippen molar-refractivity contribution in [1.29, 1.82) is 0 Å². The van der Waals surface area contributed by atoms with E-state index in [0.717, 1.165) is 5.56 Å². The van der Waals surface area contributed by atoms with Crippen LogP contribution in [0.2, 0.25) is 5.02 Å². The van der Waals surface area contributed by atoms with E-state index in [9.17, 15) is 4.39 Å². The molecule has 2 nitrogen and oxygen atoms in total. The van der Waals surface area contributed by atoms with Crippen LogP contribution in [0, 0.1) is 12.9 Å². The molecule has 16 heavy (non-hydrogen) atoms. The van der Waals surface area contributed by atoms with Crippen molar-refractivity contribution in [1.82, 2.24) is 4.98 Å². The smallest absolute Gasteiger partial charge is 0.221 e. The maximum atomic E-state index is 12.8. The Bertz CT molecular complexity index is 516. The van der Waals surface area contributed by atoms with E-state index in [2.05, 4.69) is 4.98 Å². The molecule has 1 aromatic carbocycles. The van der Waals surface area contributed by atoms with Crippen LogP contribution in [-0.2, 0) is 0 Å². The fraction of sp³-hybridized carbons (Fsp3) is 0.0833. The van der Waals surface area contributed by atoms with E-state index in [-0.39, 0.29) is 5.88 Å². The molecule has 0 radical (unpaired) electrons. The Morgan fingerprint density at radius 1 is 1.25 bits per heavy atom. The first-order chi connectivity index (χ1) is 7.65. The summed E-state index contributed by atoms with van der Waals surface area (Å²) in [5.74, 6) is 0.275. The Hall–Kier alpha value is -1.61. The first kappa shape index (κ1) is 10.9. The zero-order valence-corrected chi connectivity index (χ0v) is 9.33. The molecule has 2 aromatic rings. The minimum atomic E-state index is -0.566. The standard InChI is InChI=1S/C12H9ClFNO/c1-8-7-9(13)5-6-10(8)16-12-4-2-3-11(14)15-12/h2-7H,1H3. The van der Waals surface area contributed by atoms with Crippen LogP contribution in [0.25, 0.3) is 0 Å².